The molecule has 0 aliphatic carbocycles. The van der Waals surface area contributed by atoms with Gasteiger partial charge in [-0.3, -0.25) is 19.2 Å². The maximum absolute atomic E-state index is 12.5. The summed E-state index contributed by atoms with van der Waals surface area (Å²) >= 11 is 0. The second kappa shape index (κ2) is 42.1. The first-order valence-electron chi connectivity index (χ1n) is 21.2. The fraction of sp³-hybridized carbons (Fsp3) is 0.795. The predicted octanol–water partition coefficient (Wildman–Crippen LogP) is -2.04. The van der Waals surface area contributed by atoms with Gasteiger partial charge in [-0.15, -0.1) is 0 Å². The van der Waals surface area contributed by atoms with Gasteiger partial charge in [-0.25, -0.2) is 9.97 Å². The van der Waals surface area contributed by atoms with E-state index in [1.807, 2.05) is 0 Å². The molecule has 1 heterocycles. The topological polar surface area (TPSA) is 305 Å². The molecule has 4 amide bonds. The first-order valence-corrected chi connectivity index (χ1v) is 21.2. The summed E-state index contributed by atoms with van der Waals surface area (Å²) < 4.78 is 64.8. The highest BCUT2D eigenvalue weighted by atomic mass is 16.6. The van der Waals surface area contributed by atoms with E-state index >= 15 is 0 Å². The first-order chi connectivity index (χ1) is 30.8. The number of nitrogen functional groups attached to an aromatic ring is 2. The van der Waals surface area contributed by atoms with Gasteiger partial charge in [0.25, 0.3) is 11.8 Å². The van der Waals surface area contributed by atoms with E-state index in [0.29, 0.717) is 152 Å². The molecule has 63 heavy (non-hydrogen) atoms. The number of nitrogens with two attached hydrogens (primary N) is 2. The molecule has 0 spiro atoms. The lowest BCUT2D eigenvalue weighted by molar-refractivity contribution is -0.122. The van der Waals surface area contributed by atoms with Gasteiger partial charge < -0.3 is 89.6 Å². The van der Waals surface area contributed by atoms with Crippen molar-refractivity contribution >= 4 is 35.3 Å². The largest absolute Gasteiger partial charge is 0.382 e. The van der Waals surface area contributed by atoms with E-state index in [1.165, 1.54) is 0 Å². The number of ether oxygens (including phenoxy) is 12. The van der Waals surface area contributed by atoms with E-state index in [0.717, 1.165) is 0 Å². The summed E-state index contributed by atoms with van der Waals surface area (Å²) in [5.74, 6) is -2.34. The van der Waals surface area contributed by atoms with E-state index in [4.69, 9.17) is 68.3 Å². The molecule has 24 nitrogen and oxygen atoms in total. The summed E-state index contributed by atoms with van der Waals surface area (Å²) in [4.78, 5) is 56.0. The lowest BCUT2D eigenvalue weighted by Crippen LogP contribution is -2.36. The van der Waals surface area contributed by atoms with Crippen molar-refractivity contribution in [2.45, 2.75) is 19.8 Å². The Hall–Kier alpha value is -3.92. The third kappa shape index (κ3) is 34.2. The standard InChI is InChI=1S/C39H72N8O16/c1-3-32(48)42-5-7-44-38(50)34-36(40)47-35(37(41)46-34)39(51)45-8-6-43-33(49)4-9-53-12-13-55-16-17-57-20-21-59-24-25-61-28-29-63-31-30-62-27-26-60-23-22-58-19-18-56-15-14-54-11-10-52-2/h3-31H2,1-2H3,(H2,40,47)(H2,41,46)(H,42,48)(H,43,49)(H,44,50)(H,45,51). The molecule has 0 saturated carbocycles. The number of nitrogens with one attached hydrogen (secondary N) is 4. The zero-order valence-electron chi connectivity index (χ0n) is 37.1. The van der Waals surface area contributed by atoms with Crippen molar-refractivity contribution in [3.8, 4) is 0 Å². The molecule has 364 valence electrons. The number of rotatable bonds is 45. The lowest BCUT2D eigenvalue weighted by atomic mass is 10.3. The summed E-state index contributed by atoms with van der Waals surface area (Å²) in [7, 11) is 1.64. The molecule has 0 fully saturated rings. The predicted molar refractivity (Wildman–Crippen MR) is 227 cm³/mol. The van der Waals surface area contributed by atoms with E-state index < -0.39 is 11.8 Å². The Balaban J connectivity index is 1.82. The molecule has 0 unspecified atom stereocenters. The number of hydrogen-bond acceptors (Lipinski definition) is 20. The maximum atomic E-state index is 12.5. The number of anilines is 2. The minimum atomic E-state index is -0.677. The van der Waals surface area contributed by atoms with Crippen molar-refractivity contribution in [3.63, 3.8) is 0 Å². The maximum Gasteiger partial charge on any atom is 0.273 e. The van der Waals surface area contributed by atoms with Crippen molar-refractivity contribution in [2.24, 2.45) is 0 Å². The average molecular weight is 909 g/mol. The van der Waals surface area contributed by atoms with Crippen molar-refractivity contribution in [1.82, 2.24) is 31.2 Å². The zero-order chi connectivity index (χ0) is 45.9. The van der Waals surface area contributed by atoms with Gasteiger partial charge >= 0.3 is 0 Å². The van der Waals surface area contributed by atoms with Crippen molar-refractivity contribution in [2.75, 3.05) is 197 Å². The van der Waals surface area contributed by atoms with Gasteiger partial charge in [0.2, 0.25) is 11.8 Å². The second-order valence-corrected chi connectivity index (χ2v) is 12.7. The van der Waals surface area contributed by atoms with Crippen LogP contribution in [-0.2, 0) is 66.4 Å². The zero-order valence-corrected chi connectivity index (χ0v) is 37.1. The molecule has 0 atom stereocenters. The van der Waals surface area contributed by atoms with Crippen LogP contribution in [-0.4, -0.2) is 219 Å². The molecule has 0 saturated heterocycles. The summed E-state index contributed by atoms with van der Waals surface area (Å²) in [6.07, 6.45) is 0.444. The molecular formula is C39H72N8O16. The molecule has 0 bridgehead atoms. The Kier molecular flexibility index (Phi) is 38.1. The molecule has 1 aromatic heterocycles. The molecule has 0 aliphatic heterocycles. The molecule has 1 rings (SSSR count). The Morgan fingerprint density at radius 3 is 0.937 bits per heavy atom. The van der Waals surface area contributed by atoms with Crippen LogP contribution in [0.2, 0.25) is 0 Å². The van der Waals surface area contributed by atoms with Gasteiger partial charge in [0.05, 0.1) is 152 Å². The Labute approximate surface area is 370 Å². The highest BCUT2D eigenvalue weighted by Gasteiger charge is 2.20. The van der Waals surface area contributed by atoms with Crippen LogP contribution in [0.3, 0.4) is 0 Å². The third-order valence-corrected chi connectivity index (χ3v) is 7.79. The van der Waals surface area contributed by atoms with Crippen LogP contribution in [0, 0.1) is 0 Å². The summed E-state index contributed by atoms with van der Waals surface area (Å²) in [5, 5.41) is 10.4. The lowest BCUT2D eigenvalue weighted by Gasteiger charge is -2.11. The summed E-state index contributed by atoms with van der Waals surface area (Å²) in [6.45, 7) is 12.8. The normalized spacial score (nSPS) is 11.1. The number of aromatic nitrogens is 2. The molecule has 24 heteroatoms. The highest BCUT2D eigenvalue weighted by Crippen LogP contribution is 2.13. The highest BCUT2D eigenvalue weighted by molar-refractivity contribution is 6.00. The smallest absolute Gasteiger partial charge is 0.273 e. The molecular weight excluding hydrogens is 836 g/mol. The third-order valence-electron chi connectivity index (χ3n) is 7.79. The number of nitrogens with zero attached hydrogens (tertiary/aromatic N) is 2. The Morgan fingerprint density at radius 2 is 0.651 bits per heavy atom. The molecule has 0 aromatic carbocycles. The van der Waals surface area contributed by atoms with Crippen LogP contribution in [0.25, 0.3) is 0 Å². The van der Waals surface area contributed by atoms with Crippen LogP contribution in [0.15, 0.2) is 0 Å². The minimum absolute atomic E-state index is 0.0752. The van der Waals surface area contributed by atoms with Gasteiger partial charge in [0, 0.05) is 46.1 Å². The number of carbonyl (C=O) groups excluding carboxylic acids is 4. The van der Waals surface area contributed by atoms with Crippen molar-refractivity contribution in [1.29, 1.82) is 0 Å². The Morgan fingerprint density at radius 1 is 0.397 bits per heavy atom. The van der Waals surface area contributed by atoms with E-state index in [9.17, 15) is 19.2 Å². The van der Waals surface area contributed by atoms with Gasteiger partial charge in [-0.05, 0) is 0 Å². The Bertz CT molecular complexity index is 1320. The molecule has 8 N–H and O–H groups in total. The van der Waals surface area contributed by atoms with Gasteiger partial charge in [-0.1, -0.05) is 6.92 Å². The van der Waals surface area contributed by atoms with E-state index in [2.05, 4.69) is 31.2 Å². The monoisotopic (exact) mass is 909 g/mol. The molecule has 0 radical (unpaired) electrons. The minimum Gasteiger partial charge on any atom is -0.382 e. The first kappa shape index (κ1) is 57.1. The van der Waals surface area contributed by atoms with Crippen molar-refractivity contribution in [3.05, 3.63) is 11.4 Å². The number of methoxy groups -OCH3 is 1. The molecule has 1 aromatic rings. The fourth-order valence-electron chi connectivity index (χ4n) is 4.54. The summed E-state index contributed by atoms with van der Waals surface area (Å²) in [5.41, 5.74) is 11.2. The van der Waals surface area contributed by atoms with Gasteiger partial charge in [-0.2, -0.15) is 0 Å². The van der Waals surface area contributed by atoms with Crippen LogP contribution in [0.1, 0.15) is 40.7 Å². The van der Waals surface area contributed by atoms with Gasteiger partial charge in [0.1, 0.15) is 0 Å². The van der Waals surface area contributed by atoms with Crippen LogP contribution >= 0.6 is 0 Å². The number of hydrogen-bond donors (Lipinski definition) is 6. The van der Waals surface area contributed by atoms with E-state index in [1.54, 1.807) is 14.0 Å². The summed E-state index contributed by atoms with van der Waals surface area (Å²) in [6, 6.07) is 0. The van der Waals surface area contributed by atoms with Crippen LogP contribution < -0.4 is 32.7 Å². The average Bonchev–Trinajstić information content (AvgIpc) is 3.28. The van der Waals surface area contributed by atoms with E-state index in [-0.39, 0.29) is 74.0 Å². The van der Waals surface area contributed by atoms with Crippen LogP contribution in [0.4, 0.5) is 11.6 Å². The SMILES string of the molecule is CCC(=O)NCCNC(=O)c1nc(N)c(C(=O)NCCNC(=O)CCOCCOCCOCCOCCOCCOCCOCCOCCOCCOCCOCCOC)nc1N. The second-order valence-electron chi connectivity index (χ2n) is 12.7. The van der Waals surface area contributed by atoms with Crippen LogP contribution in [0.5, 0.6) is 0 Å². The number of carbonyl (C=O) groups is 4. The quantitative estimate of drug-likeness (QED) is 0.0384. The van der Waals surface area contributed by atoms with Crippen molar-refractivity contribution < 1.29 is 76.0 Å². The number of amides is 4. The molecule has 0 aliphatic rings. The van der Waals surface area contributed by atoms with Gasteiger partial charge in [0.15, 0.2) is 23.0 Å². The fourth-order valence-corrected chi connectivity index (χ4v) is 4.54.